The topological polar surface area (TPSA) is 56.2 Å². The molecule has 4 aromatic rings. The summed E-state index contributed by atoms with van der Waals surface area (Å²) >= 11 is 0. The lowest BCUT2D eigenvalue weighted by molar-refractivity contribution is 0.630. The molecule has 0 saturated carbocycles. The van der Waals surface area contributed by atoms with Gasteiger partial charge in [0.15, 0.2) is 5.65 Å². The number of nitrogen functional groups attached to an aromatic ring is 1. The van der Waals surface area contributed by atoms with Crippen molar-refractivity contribution in [3.8, 4) is 34.9 Å². The van der Waals surface area contributed by atoms with Gasteiger partial charge in [-0.25, -0.2) is 13.9 Å². The van der Waals surface area contributed by atoms with Crippen LogP contribution in [0.25, 0.3) is 28.2 Å². The number of nitrogens with zero attached hydrogens (tertiary/aromatic N) is 3. The van der Waals surface area contributed by atoms with Gasteiger partial charge in [0.05, 0.1) is 17.6 Å². The van der Waals surface area contributed by atoms with Crippen molar-refractivity contribution in [2.45, 2.75) is 0 Å². The van der Waals surface area contributed by atoms with Crippen LogP contribution in [0.15, 0.2) is 60.8 Å². The third kappa shape index (κ3) is 2.60. The maximum atomic E-state index is 14.0. The molecule has 0 saturated heterocycles. The van der Waals surface area contributed by atoms with E-state index in [1.165, 1.54) is 6.07 Å². The Hall–Kier alpha value is -3.65. The van der Waals surface area contributed by atoms with Crippen LogP contribution in [0, 0.1) is 18.2 Å². The molecule has 4 rings (SSSR count). The largest absolute Gasteiger partial charge is 0.398 e. The van der Waals surface area contributed by atoms with E-state index in [4.69, 9.17) is 12.2 Å². The predicted molar refractivity (Wildman–Crippen MR) is 96.2 cm³/mol. The van der Waals surface area contributed by atoms with Crippen molar-refractivity contribution in [1.82, 2.24) is 14.6 Å². The average molecular weight is 328 g/mol. The van der Waals surface area contributed by atoms with Gasteiger partial charge in [0.25, 0.3) is 0 Å². The Balaban J connectivity index is 1.80. The minimum absolute atomic E-state index is 0.313. The first kappa shape index (κ1) is 14.9. The summed E-state index contributed by atoms with van der Waals surface area (Å²) < 4.78 is 15.6. The van der Waals surface area contributed by atoms with Crippen LogP contribution in [0.2, 0.25) is 0 Å². The lowest BCUT2D eigenvalue weighted by Gasteiger charge is -2.02. The van der Waals surface area contributed by atoms with E-state index in [-0.39, 0.29) is 5.82 Å². The molecule has 0 aliphatic carbocycles. The molecule has 0 unspecified atom stereocenters. The Labute approximate surface area is 143 Å². The molecule has 2 aromatic heterocycles. The van der Waals surface area contributed by atoms with Crippen LogP contribution in [-0.4, -0.2) is 14.6 Å². The smallest absolute Gasteiger partial charge is 0.154 e. The minimum Gasteiger partial charge on any atom is -0.398 e. The lowest BCUT2D eigenvalue weighted by atomic mass is 10.1. The Kier molecular flexibility index (Phi) is 3.44. The standard InChI is InChI=1S/C20H13FN4/c1-2-13-7-8-14(11-17(13)22)19-12-25-20(23-19)10-9-18(24-25)15-5-3-4-6-16(15)21/h1,3-12H,22H2. The van der Waals surface area contributed by atoms with Crippen molar-refractivity contribution < 1.29 is 4.39 Å². The van der Waals surface area contributed by atoms with Gasteiger partial charge < -0.3 is 5.73 Å². The summed E-state index contributed by atoms with van der Waals surface area (Å²) in [5, 5.41) is 4.46. The predicted octanol–water partition coefficient (Wildman–Crippen LogP) is 3.77. The Morgan fingerprint density at radius 1 is 1.04 bits per heavy atom. The summed E-state index contributed by atoms with van der Waals surface area (Å²) in [6, 6.07) is 15.5. The number of aromatic nitrogens is 3. The summed E-state index contributed by atoms with van der Waals surface area (Å²) in [5.41, 5.74) is 10.3. The Bertz CT molecular complexity index is 1140. The molecule has 120 valence electrons. The summed E-state index contributed by atoms with van der Waals surface area (Å²) in [6.07, 6.45) is 7.18. The zero-order chi connectivity index (χ0) is 17.4. The molecular weight excluding hydrogens is 315 g/mol. The van der Waals surface area contributed by atoms with Crippen molar-refractivity contribution in [3.05, 3.63) is 72.2 Å². The van der Waals surface area contributed by atoms with E-state index in [0.29, 0.717) is 33.8 Å². The van der Waals surface area contributed by atoms with Gasteiger partial charge in [0.1, 0.15) is 5.82 Å². The van der Waals surface area contributed by atoms with E-state index in [1.54, 1.807) is 53.2 Å². The third-order valence-electron chi connectivity index (χ3n) is 3.97. The van der Waals surface area contributed by atoms with Gasteiger partial charge in [0.2, 0.25) is 0 Å². The van der Waals surface area contributed by atoms with E-state index < -0.39 is 0 Å². The van der Waals surface area contributed by atoms with Crippen molar-refractivity contribution in [1.29, 1.82) is 0 Å². The second-order valence-corrected chi connectivity index (χ2v) is 5.57. The van der Waals surface area contributed by atoms with Crippen LogP contribution in [-0.2, 0) is 0 Å². The molecule has 0 amide bonds. The fraction of sp³-hybridized carbons (Fsp3) is 0. The second-order valence-electron chi connectivity index (χ2n) is 5.57. The normalized spacial score (nSPS) is 10.7. The van der Waals surface area contributed by atoms with Crippen molar-refractivity contribution in [2.24, 2.45) is 0 Å². The first-order chi connectivity index (χ1) is 12.2. The summed E-state index contributed by atoms with van der Waals surface area (Å²) in [7, 11) is 0. The number of hydrogen-bond acceptors (Lipinski definition) is 3. The molecule has 4 nitrogen and oxygen atoms in total. The quantitative estimate of drug-likeness (QED) is 0.450. The van der Waals surface area contributed by atoms with Gasteiger partial charge in [-0.15, -0.1) is 6.42 Å². The average Bonchev–Trinajstić information content (AvgIpc) is 3.05. The highest BCUT2D eigenvalue weighted by Gasteiger charge is 2.10. The number of terminal acetylenes is 1. The van der Waals surface area contributed by atoms with E-state index in [1.807, 2.05) is 6.07 Å². The number of halogens is 1. The molecule has 0 bridgehead atoms. The highest BCUT2D eigenvalue weighted by atomic mass is 19.1. The summed E-state index contributed by atoms with van der Waals surface area (Å²) in [5.74, 6) is 2.22. The molecule has 2 heterocycles. The number of nitrogens with two attached hydrogens (primary N) is 1. The molecule has 0 aliphatic heterocycles. The van der Waals surface area contributed by atoms with Crippen molar-refractivity contribution >= 4 is 11.3 Å². The molecule has 2 N–H and O–H groups in total. The van der Waals surface area contributed by atoms with E-state index in [9.17, 15) is 4.39 Å². The molecule has 0 aliphatic rings. The zero-order valence-corrected chi connectivity index (χ0v) is 13.1. The molecule has 0 radical (unpaired) electrons. The highest BCUT2D eigenvalue weighted by molar-refractivity contribution is 5.70. The number of fused-ring (bicyclic) bond motifs is 1. The summed E-state index contributed by atoms with van der Waals surface area (Å²) in [4.78, 5) is 4.54. The molecular formula is C20H13FN4. The number of benzene rings is 2. The van der Waals surface area contributed by atoms with Crippen LogP contribution >= 0.6 is 0 Å². The van der Waals surface area contributed by atoms with Crippen molar-refractivity contribution in [3.63, 3.8) is 0 Å². The number of rotatable bonds is 2. The van der Waals surface area contributed by atoms with E-state index in [0.717, 1.165) is 5.56 Å². The molecule has 0 fully saturated rings. The monoisotopic (exact) mass is 328 g/mol. The maximum Gasteiger partial charge on any atom is 0.154 e. The van der Waals surface area contributed by atoms with Crippen LogP contribution in [0.4, 0.5) is 10.1 Å². The molecule has 0 spiro atoms. The summed E-state index contributed by atoms with van der Waals surface area (Å²) in [6.45, 7) is 0. The molecule has 25 heavy (non-hydrogen) atoms. The van der Waals surface area contributed by atoms with E-state index in [2.05, 4.69) is 16.0 Å². The molecule has 2 aromatic carbocycles. The van der Waals surface area contributed by atoms with Gasteiger partial charge >= 0.3 is 0 Å². The van der Waals surface area contributed by atoms with Crippen LogP contribution in [0.3, 0.4) is 0 Å². The molecule has 0 atom stereocenters. The van der Waals surface area contributed by atoms with Gasteiger partial charge in [0, 0.05) is 22.4 Å². The van der Waals surface area contributed by atoms with E-state index >= 15 is 0 Å². The van der Waals surface area contributed by atoms with Gasteiger partial charge in [-0.05, 0) is 36.4 Å². The van der Waals surface area contributed by atoms with Gasteiger partial charge in [-0.3, -0.25) is 0 Å². The van der Waals surface area contributed by atoms with Crippen LogP contribution in [0.5, 0.6) is 0 Å². The van der Waals surface area contributed by atoms with Gasteiger partial charge in [-0.2, -0.15) is 5.10 Å². The third-order valence-corrected chi connectivity index (χ3v) is 3.97. The Morgan fingerprint density at radius 2 is 1.88 bits per heavy atom. The lowest BCUT2D eigenvalue weighted by Crippen LogP contribution is -1.94. The number of anilines is 1. The fourth-order valence-corrected chi connectivity index (χ4v) is 2.69. The zero-order valence-electron chi connectivity index (χ0n) is 13.1. The van der Waals surface area contributed by atoms with Gasteiger partial charge in [-0.1, -0.05) is 24.1 Å². The number of hydrogen-bond donors (Lipinski definition) is 1. The SMILES string of the molecule is C#Cc1ccc(-c2cn3nc(-c4ccccc4F)ccc3n2)cc1N. The maximum absolute atomic E-state index is 14.0. The number of imidazole rings is 1. The van der Waals surface area contributed by atoms with Crippen molar-refractivity contribution in [2.75, 3.05) is 5.73 Å². The Morgan fingerprint density at radius 3 is 2.64 bits per heavy atom. The first-order valence-electron chi connectivity index (χ1n) is 7.63. The molecule has 5 heteroatoms. The fourth-order valence-electron chi connectivity index (χ4n) is 2.69. The minimum atomic E-state index is -0.313. The first-order valence-corrected chi connectivity index (χ1v) is 7.63. The second kappa shape index (κ2) is 5.77. The van der Waals surface area contributed by atoms with Crippen LogP contribution in [0.1, 0.15) is 5.56 Å². The van der Waals surface area contributed by atoms with Crippen LogP contribution < -0.4 is 5.73 Å². The highest BCUT2D eigenvalue weighted by Crippen LogP contribution is 2.25.